The predicted octanol–water partition coefficient (Wildman–Crippen LogP) is 4.63. The Morgan fingerprint density at radius 3 is 2.12 bits per heavy atom. The van der Waals surface area contributed by atoms with E-state index in [0.29, 0.717) is 19.6 Å². The zero-order valence-corrected chi connectivity index (χ0v) is 28.1. The van der Waals surface area contributed by atoms with Crippen LogP contribution in [0.4, 0.5) is 5.69 Å². The summed E-state index contributed by atoms with van der Waals surface area (Å²) in [5.74, 6) is 0.0982. The van der Waals surface area contributed by atoms with Crippen LogP contribution in [-0.2, 0) is 37.4 Å². The molecule has 256 valence electrons. The number of piperidine rings is 1. The lowest BCUT2D eigenvalue weighted by molar-refractivity contribution is -0.253. The van der Waals surface area contributed by atoms with Crippen molar-refractivity contribution in [3.05, 3.63) is 131 Å². The number of benzene rings is 4. The van der Waals surface area contributed by atoms with Gasteiger partial charge in [0, 0.05) is 43.9 Å². The van der Waals surface area contributed by atoms with Crippen molar-refractivity contribution in [3.63, 3.8) is 0 Å². The number of aliphatic hydroxyl groups excluding tert-OH is 1. The van der Waals surface area contributed by atoms with E-state index in [1.165, 1.54) is 0 Å². The molecule has 0 aliphatic carbocycles. The molecule has 49 heavy (non-hydrogen) atoms. The molecule has 0 radical (unpaired) electrons. The largest absolute Gasteiger partial charge is 0.392 e. The molecule has 10 nitrogen and oxygen atoms in total. The number of ether oxygens (including phenoxy) is 2. The van der Waals surface area contributed by atoms with Gasteiger partial charge in [-0.1, -0.05) is 84.9 Å². The standard InChI is InChI=1S/C38H42N4O6S/c43-26-29-13-15-30(16-14-29)35-23-33(25-41-21-19-38(20-22-41)37(44)39-27-42(38)32-7-3-1-4-8-32)47-36(48-35)31-17-11-28(12-18-31)24-40-49(45,46)34-9-5-2-6-10-34/h1-18,33,35-36,40,43H,19-27H2,(H,39,44)/t33-,35+,36+/m1/s1. The van der Waals surface area contributed by atoms with Gasteiger partial charge in [0.1, 0.15) is 5.54 Å². The highest BCUT2D eigenvalue weighted by Crippen LogP contribution is 2.40. The lowest BCUT2D eigenvalue weighted by atomic mass is 9.85. The molecule has 0 unspecified atom stereocenters. The van der Waals surface area contributed by atoms with E-state index in [0.717, 1.165) is 53.9 Å². The average Bonchev–Trinajstić information content (AvgIpc) is 3.47. The van der Waals surface area contributed by atoms with Crippen molar-refractivity contribution < 1.29 is 27.8 Å². The quantitative estimate of drug-likeness (QED) is 0.222. The minimum atomic E-state index is -3.63. The first-order valence-corrected chi connectivity index (χ1v) is 18.3. The first kappa shape index (κ1) is 33.4. The number of aliphatic hydroxyl groups is 1. The maximum atomic E-state index is 13.2. The lowest BCUT2D eigenvalue weighted by Gasteiger charge is -2.45. The van der Waals surface area contributed by atoms with Crippen LogP contribution in [0.3, 0.4) is 0 Å². The van der Waals surface area contributed by atoms with Crippen LogP contribution in [0.2, 0.25) is 0 Å². The van der Waals surface area contributed by atoms with Gasteiger partial charge in [-0.25, -0.2) is 13.1 Å². The van der Waals surface area contributed by atoms with Crippen LogP contribution in [-0.4, -0.2) is 62.3 Å². The van der Waals surface area contributed by atoms with Crippen molar-refractivity contribution in [2.24, 2.45) is 0 Å². The minimum absolute atomic E-state index is 0.0236. The van der Waals surface area contributed by atoms with Crippen molar-refractivity contribution >= 4 is 21.6 Å². The van der Waals surface area contributed by atoms with Gasteiger partial charge in [-0.3, -0.25) is 4.79 Å². The Labute approximate surface area is 287 Å². The van der Waals surface area contributed by atoms with E-state index in [9.17, 15) is 18.3 Å². The van der Waals surface area contributed by atoms with Gasteiger partial charge >= 0.3 is 0 Å². The van der Waals surface area contributed by atoms with Gasteiger partial charge in [-0.05, 0) is 53.8 Å². The van der Waals surface area contributed by atoms with E-state index in [-0.39, 0.29) is 36.2 Å². The molecule has 4 aromatic rings. The number of nitrogens with one attached hydrogen (secondary N) is 2. The molecule has 11 heteroatoms. The van der Waals surface area contributed by atoms with E-state index in [1.54, 1.807) is 30.3 Å². The molecule has 4 aromatic carbocycles. The summed E-state index contributed by atoms with van der Waals surface area (Å²) in [6, 6.07) is 33.9. The second-order valence-corrected chi connectivity index (χ2v) is 14.8. The van der Waals surface area contributed by atoms with Crippen molar-refractivity contribution in [1.29, 1.82) is 0 Å². The highest BCUT2D eigenvalue weighted by Gasteiger charge is 2.50. The number of sulfonamides is 1. The van der Waals surface area contributed by atoms with Gasteiger partial charge in [0.25, 0.3) is 0 Å². The molecule has 3 aliphatic rings. The molecule has 1 spiro atoms. The number of rotatable bonds is 10. The first-order valence-electron chi connectivity index (χ1n) is 16.8. The summed E-state index contributed by atoms with van der Waals surface area (Å²) in [4.78, 5) is 18.0. The number of carbonyl (C=O) groups excluding carboxylic acids is 1. The Morgan fingerprint density at radius 1 is 0.816 bits per heavy atom. The lowest BCUT2D eigenvalue weighted by Crippen LogP contribution is -2.57. The summed E-state index contributed by atoms with van der Waals surface area (Å²) < 4.78 is 41.2. The van der Waals surface area contributed by atoms with Crippen molar-refractivity contribution in [3.8, 4) is 0 Å². The highest BCUT2D eigenvalue weighted by atomic mass is 32.2. The SMILES string of the molecule is O=C1NCN(c2ccccc2)C12CCN(C[C@H]1C[C@@H](c3ccc(CO)cc3)O[C@@H](c3ccc(CNS(=O)(=O)c4ccccc4)cc3)O1)CC2. The van der Waals surface area contributed by atoms with Crippen LogP contribution < -0.4 is 14.9 Å². The van der Waals surface area contributed by atoms with Gasteiger partial charge in [0.15, 0.2) is 6.29 Å². The van der Waals surface area contributed by atoms with Crippen molar-refractivity contribution in [2.45, 2.75) is 61.3 Å². The molecule has 3 aliphatic heterocycles. The van der Waals surface area contributed by atoms with E-state index in [4.69, 9.17) is 9.47 Å². The molecule has 3 N–H and O–H groups in total. The Hall–Kier alpha value is -4.10. The molecule has 1 amide bonds. The van der Waals surface area contributed by atoms with Crippen LogP contribution >= 0.6 is 0 Å². The average molecular weight is 683 g/mol. The third kappa shape index (κ3) is 7.28. The van der Waals surface area contributed by atoms with Crippen LogP contribution in [0.25, 0.3) is 0 Å². The third-order valence-corrected chi connectivity index (χ3v) is 11.4. The maximum Gasteiger partial charge on any atom is 0.247 e. The summed E-state index contributed by atoms with van der Waals surface area (Å²) in [5, 5.41) is 12.7. The number of hydrogen-bond acceptors (Lipinski definition) is 8. The Morgan fingerprint density at radius 2 is 1.45 bits per heavy atom. The van der Waals surface area contributed by atoms with Crippen molar-refractivity contribution in [2.75, 3.05) is 31.2 Å². The number of hydrogen-bond donors (Lipinski definition) is 3. The number of carbonyl (C=O) groups is 1. The summed E-state index contributed by atoms with van der Waals surface area (Å²) in [5.41, 5.74) is 4.01. The monoisotopic (exact) mass is 682 g/mol. The molecule has 3 heterocycles. The molecule has 3 atom stereocenters. The fraction of sp³-hybridized carbons (Fsp3) is 0.342. The molecule has 3 saturated heterocycles. The Balaban J connectivity index is 1.04. The molecule has 0 bridgehead atoms. The predicted molar refractivity (Wildman–Crippen MR) is 186 cm³/mol. The minimum Gasteiger partial charge on any atom is -0.392 e. The highest BCUT2D eigenvalue weighted by molar-refractivity contribution is 7.89. The van der Waals surface area contributed by atoms with Crippen molar-refractivity contribution in [1.82, 2.24) is 14.9 Å². The van der Waals surface area contributed by atoms with Crippen LogP contribution in [0.5, 0.6) is 0 Å². The topological polar surface area (TPSA) is 120 Å². The van der Waals surface area contributed by atoms with Crippen LogP contribution in [0.1, 0.15) is 53.9 Å². The fourth-order valence-corrected chi connectivity index (χ4v) is 8.15. The Bertz CT molecular complexity index is 1820. The molecule has 7 rings (SSSR count). The summed E-state index contributed by atoms with van der Waals surface area (Å²) in [7, 11) is -3.63. The van der Waals surface area contributed by atoms with E-state index < -0.39 is 21.9 Å². The van der Waals surface area contributed by atoms with E-state index >= 15 is 0 Å². The Kier molecular flexibility index (Phi) is 9.82. The second kappa shape index (κ2) is 14.4. The summed E-state index contributed by atoms with van der Waals surface area (Å²) in [6.45, 7) is 2.89. The third-order valence-electron chi connectivity index (χ3n) is 9.94. The van der Waals surface area contributed by atoms with Crippen LogP contribution in [0, 0.1) is 0 Å². The second-order valence-electron chi connectivity index (χ2n) is 13.0. The molecule has 0 saturated carbocycles. The molecular formula is C38H42N4O6S. The van der Waals surface area contributed by atoms with Gasteiger partial charge in [-0.15, -0.1) is 0 Å². The zero-order valence-electron chi connectivity index (χ0n) is 27.3. The van der Waals surface area contributed by atoms with Gasteiger partial charge in [-0.2, -0.15) is 0 Å². The molecule has 0 aromatic heterocycles. The van der Waals surface area contributed by atoms with Gasteiger partial charge in [0.2, 0.25) is 15.9 Å². The smallest absolute Gasteiger partial charge is 0.247 e. The number of nitrogens with zero attached hydrogens (tertiary/aromatic N) is 2. The number of para-hydroxylation sites is 1. The summed E-state index contributed by atoms with van der Waals surface area (Å²) in [6.07, 6.45) is 1.13. The number of likely N-dealkylation sites (tertiary alicyclic amines) is 1. The number of anilines is 1. The molecule has 3 fully saturated rings. The van der Waals surface area contributed by atoms with Gasteiger partial charge in [0.05, 0.1) is 30.4 Å². The normalized spacial score (nSPS) is 22.7. The number of amides is 1. The fourth-order valence-electron chi connectivity index (χ4n) is 7.11. The summed E-state index contributed by atoms with van der Waals surface area (Å²) >= 11 is 0. The van der Waals surface area contributed by atoms with E-state index in [2.05, 4.69) is 32.0 Å². The zero-order chi connectivity index (χ0) is 33.8. The first-order chi connectivity index (χ1) is 23.8. The van der Waals surface area contributed by atoms with Gasteiger partial charge < -0.3 is 29.7 Å². The van der Waals surface area contributed by atoms with E-state index in [1.807, 2.05) is 66.7 Å². The van der Waals surface area contributed by atoms with Crippen LogP contribution in [0.15, 0.2) is 114 Å². The molecular weight excluding hydrogens is 641 g/mol. The maximum absolute atomic E-state index is 13.2.